The van der Waals surface area contributed by atoms with Gasteiger partial charge in [-0.1, -0.05) is 35.9 Å². The first-order valence-corrected chi connectivity index (χ1v) is 12.6. The van der Waals surface area contributed by atoms with E-state index in [1.807, 2.05) is 49.1 Å². The van der Waals surface area contributed by atoms with E-state index in [2.05, 4.69) is 16.4 Å². The van der Waals surface area contributed by atoms with Gasteiger partial charge in [0.1, 0.15) is 6.07 Å². The van der Waals surface area contributed by atoms with E-state index in [-0.39, 0.29) is 29.9 Å². The van der Waals surface area contributed by atoms with Gasteiger partial charge in [0.15, 0.2) is 11.5 Å². The summed E-state index contributed by atoms with van der Waals surface area (Å²) in [5.41, 5.74) is 5.89. The third-order valence-corrected chi connectivity index (χ3v) is 7.15. The second-order valence-corrected chi connectivity index (χ2v) is 9.96. The molecule has 5 rings (SSSR count). The number of aliphatic hydroxyl groups excluding tert-OH is 1. The van der Waals surface area contributed by atoms with Crippen molar-refractivity contribution in [2.75, 3.05) is 16.8 Å². The molecule has 3 aromatic carbocycles. The summed E-state index contributed by atoms with van der Waals surface area (Å²) in [6.07, 6.45) is 0.582. The summed E-state index contributed by atoms with van der Waals surface area (Å²) >= 11 is 6.25. The van der Waals surface area contributed by atoms with Crippen LogP contribution in [0.3, 0.4) is 0 Å². The van der Waals surface area contributed by atoms with E-state index in [9.17, 15) is 20.3 Å². The molecule has 8 nitrogen and oxygen atoms in total. The molecular weight excluding hydrogens is 502 g/mol. The van der Waals surface area contributed by atoms with Gasteiger partial charge in [-0.2, -0.15) is 5.26 Å². The van der Waals surface area contributed by atoms with Crippen molar-refractivity contribution in [3.63, 3.8) is 0 Å². The zero-order valence-electron chi connectivity index (χ0n) is 20.9. The highest BCUT2D eigenvalue weighted by molar-refractivity contribution is 6.30. The number of nitrogens with zero attached hydrogens (tertiary/aromatic N) is 4. The molecule has 0 spiro atoms. The molecule has 2 heterocycles. The summed E-state index contributed by atoms with van der Waals surface area (Å²) in [7, 11) is 0. The molecule has 1 aliphatic heterocycles. The molecule has 0 aliphatic carbocycles. The van der Waals surface area contributed by atoms with Gasteiger partial charge in [-0.3, -0.25) is 0 Å². The van der Waals surface area contributed by atoms with Crippen LogP contribution >= 0.6 is 11.6 Å². The van der Waals surface area contributed by atoms with Gasteiger partial charge in [-0.05, 0) is 67.3 Å². The molecule has 2 atom stereocenters. The molecule has 38 heavy (non-hydrogen) atoms. The molecule has 0 saturated carbocycles. The molecule has 0 fully saturated rings. The molecule has 0 bridgehead atoms. The Labute approximate surface area is 225 Å². The van der Waals surface area contributed by atoms with Gasteiger partial charge in [0.2, 0.25) is 0 Å². The smallest absolute Gasteiger partial charge is 0.337 e. The predicted octanol–water partition coefficient (Wildman–Crippen LogP) is 5.26. The van der Waals surface area contributed by atoms with E-state index in [1.54, 1.807) is 24.3 Å². The number of carboxylic acids is 1. The Hall–Kier alpha value is -4.19. The van der Waals surface area contributed by atoms with Crippen LogP contribution in [-0.4, -0.2) is 38.8 Å². The van der Waals surface area contributed by atoms with E-state index < -0.39 is 5.97 Å². The first kappa shape index (κ1) is 25.5. The lowest BCUT2D eigenvalue weighted by molar-refractivity contribution is 0.0698. The zero-order chi connectivity index (χ0) is 27.0. The van der Waals surface area contributed by atoms with E-state index in [0.717, 1.165) is 22.3 Å². The van der Waals surface area contributed by atoms with E-state index >= 15 is 0 Å². The van der Waals surface area contributed by atoms with Crippen LogP contribution < -0.4 is 10.2 Å². The highest BCUT2D eigenvalue weighted by atomic mass is 35.5. The number of benzene rings is 3. The molecule has 0 radical (unpaired) electrons. The summed E-state index contributed by atoms with van der Waals surface area (Å²) in [6.45, 7) is 4.19. The van der Waals surface area contributed by atoms with Crippen LogP contribution in [-0.2, 0) is 13.0 Å². The van der Waals surface area contributed by atoms with Crippen molar-refractivity contribution >= 4 is 40.1 Å². The molecule has 3 N–H and O–H groups in total. The van der Waals surface area contributed by atoms with E-state index in [0.29, 0.717) is 40.5 Å². The molecular formula is C29H26ClN5O3. The maximum absolute atomic E-state index is 11.7. The number of fused-ring (bicyclic) bond motifs is 2. The predicted molar refractivity (Wildman–Crippen MR) is 147 cm³/mol. The Balaban J connectivity index is 1.62. The van der Waals surface area contributed by atoms with Crippen molar-refractivity contribution in [1.82, 2.24) is 9.97 Å². The Morgan fingerprint density at radius 2 is 2.00 bits per heavy atom. The number of nitriles is 1. The fourth-order valence-corrected chi connectivity index (χ4v) is 5.26. The van der Waals surface area contributed by atoms with Crippen LogP contribution in [0.4, 0.5) is 11.5 Å². The SMILES string of the molecule is Cc1cc([C@@H](C)Nc2ccccc2C(=O)O)c2nc(N3Cc4cc(Cl)ccc4CC3CO)c(C#N)nc2c1. The van der Waals surface area contributed by atoms with Crippen molar-refractivity contribution in [3.8, 4) is 6.07 Å². The van der Waals surface area contributed by atoms with Crippen molar-refractivity contribution in [2.45, 2.75) is 38.9 Å². The third kappa shape index (κ3) is 4.74. The molecule has 4 aromatic rings. The number of halogens is 1. The maximum atomic E-state index is 11.7. The van der Waals surface area contributed by atoms with Gasteiger partial charge in [0.25, 0.3) is 0 Å². The van der Waals surface area contributed by atoms with Gasteiger partial charge in [-0.15, -0.1) is 0 Å². The number of aryl methyl sites for hydroxylation is 1. The number of hydrogen-bond acceptors (Lipinski definition) is 7. The number of hydrogen-bond donors (Lipinski definition) is 3. The fourth-order valence-electron chi connectivity index (χ4n) is 5.06. The molecule has 9 heteroatoms. The standard InChI is InChI=1S/C29H26ClN5O3/c1-16-9-23(17(2)32-24-6-4-3-5-22(24)29(37)38)27-25(10-16)33-26(13-31)28(34-27)35-14-19-11-20(30)8-7-18(19)12-21(35)15-36/h3-11,17,21,32,36H,12,14-15H2,1-2H3,(H,37,38)/t17-,21?/m1/s1. The van der Waals surface area contributed by atoms with E-state index in [1.165, 1.54) is 0 Å². The highest BCUT2D eigenvalue weighted by Crippen LogP contribution is 2.34. The number of nitrogens with one attached hydrogen (secondary N) is 1. The van der Waals surface area contributed by atoms with Crippen LogP contribution in [0.1, 0.15) is 51.3 Å². The summed E-state index contributed by atoms with van der Waals surface area (Å²) in [4.78, 5) is 23.3. The number of para-hydroxylation sites is 1. The summed E-state index contributed by atoms with van der Waals surface area (Å²) in [6, 6.07) is 17.9. The number of anilines is 2. The van der Waals surface area contributed by atoms with Gasteiger partial charge >= 0.3 is 5.97 Å². The number of rotatable bonds is 6. The number of carbonyl (C=O) groups is 1. The third-order valence-electron chi connectivity index (χ3n) is 6.92. The second-order valence-electron chi connectivity index (χ2n) is 9.53. The van der Waals surface area contributed by atoms with Crippen LogP contribution in [0.2, 0.25) is 5.02 Å². The fraction of sp³-hybridized carbons (Fsp3) is 0.241. The lowest BCUT2D eigenvalue weighted by Crippen LogP contribution is -2.43. The van der Waals surface area contributed by atoms with Crippen LogP contribution in [0, 0.1) is 18.3 Å². The molecule has 0 amide bonds. The number of carboxylic acid groups (broad SMARTS) is 1. The molecule has 1 unspecified atom stereocenters. The van der Waals surface area contributed by atoms with Crippen molar-refractivity contribution in [2.24, 2.45) is 0 Å². The van der Waals surface area contributed by atoms with Crippen molar-refractivity contribution in [1.29, 1.82) is 5.26 Å². The first-order chi connectivity index (χ1) is 18.3. The van der Waals surface area contributed by atoms with Crippen LogP contribution in [0.5, 0.6) is 0 Å². The number of aliphatic hydroxyl groups is 1. The van der Waals surface area contributed by atoms with Gasteiger partial charge < -0.3 is 20.4 Å². The minimum Gasteiger partial charge on any atom is -0.478 e. The van der Waals surface area contributed by atoms with Gasteiger partial charge in [-0.25, -0.2) is 14.8 Å². The average Bonchev–Trinajstić information content (AvgIpc) is 2.91. The summed E-state index contributed by atoms with van der Waals surface area (Å²) in [5, 5.41) is 33.8. The number of aromatic carboxylic acids is 1. The second kappa shape index (κ2) is 10.3. The van der Waals surface area contributed by atoms with Crippen LogP contribution in [0.25, 0.3) is 11.0 Å². The Morgan fingerprint density at radius 3 is 2.74 bits per heavy atom. The normalized spacial score (nSPS) is 15.6. The summed E-state index contributed by atoms with van der Waals surface area (Å²) in [5.74, 6) is -0.622. The highest BCUT2D eigenvalue weighted by Gasteiger charge is 2.30. The molecule has 192 valence electrons. The van der Waals surface area contributed by atoms with E-state index in [4.69, 9.17) is 16.6 Å². The van der Waals surface area contributed by atoms with Crippen molar-refractivity contribution < 1.29 is 15.0 Å². The minimum atomic E-state index is -1.02. The maximum Gasteiger partial charge on any atom is 0.337 e. The van der Waals surface area contributed by atoms with Gasteiger partial charge in [0.05, 0.1) is 35.3 Å². The monoisotopic (exact) mass is 527 g/mol. The Kier molecular flexibility index (Phi) is 6.89. The van der Waals surface area contributed by atoms with Crippen LogP contribution in [0.15, 0.2) is 54.6 Å². The molecule has 1 aromatic heterocycles. The lowest BCUT2D eigenvalue weighted by atomic mass is 9.94. The summed E-state index contributed by atoms with van der Waals surface area (Å²) < 4.78 is 0. The average molecular weight is 528 g/mol. The van der Waals surface area contributed by atoms with Crippen molar-refractivity contribution in [3.05, 3.63) is 93.1 Å². The quantitative estimate of drug-likeness (QED) is 0.310. The molecule has 0 saturated heterocycles. The minimum absolute atomic E-state index is 0.114. The zero-order valence-corrected chi connectivity index (χ0v) is 21.7. The van der Waals surface area contributed by atoms with Gasteiger partial charge in [0, 0.05) is 22.8 Å². The lowest BCUT2D eigenvalue weighted by Gasteiger charge is -2.37. The topological polar surface area (TPSA) is 122 Å². The first-order valence-electron chi connectivity index (χ1n) is 12.2. The Bertz CT molecular complexity index is 1600. The Morgan fingerprint density at radius 1 is 1.21 bits per heavy atom. The molecule has 1 aliphatic rings. The number of aromatic nitrogens is 2. The largest absolute Gasteiger partial charge is 0.478 e.